The molecular formula is C22H29N3O7S. The third kappa shape index (κ3) is 4.69. The normalized spacial score (nSPS) is 26.8. The van der Waals surface area contributed by atoms with E-state index >= 15 is 0 Å². The summed E-state index contributed by atoms with van der Waals surface area (Å²) >= 11 is 0. The highest BCUT2D eigenvalue weighted by Gasteiger charge is 2.58. The van der Waals surface area contributed by atoms with Crippen molar-refractivity contribution in [3.63, 3.8) is 0 Å². The molecule has 1 N–H and O–H groups in total. The summed E-state index contributed by atoms with van der Waals surface area (Å²) in [5, 5.41) is 11.8. The topological polar surface area (TPSA) is 120 Å². The van der Waals surface area contributed by atoms with Crippen molar-refractivity contribution < 1.29 is 32.6 Å². The lowest BCUT2D eigenvalue weighted by Gasteiger charge is -2.29. The Kier molecular flexibility index (Phi) is 6.36. The predicted molar refractivity (Wildman–Crippen MR) is 117 cm³/mol. The second kappa shape index (κ2) is 8.80. The highest BCUT2D eigenvalue weighted by molar-refractivity contribution is 7.90. The second-order valence-corrected chi connectivity index (χ2v) is 10.6. The average molecular weight is 480 g/mol. The third-order valence-electron chi connectivity index (χ3n) is 5.84. The summed E-state index contributed by atoms with van der Waals surface area (Å²) < 4.78 is 47.5. The van der Waals surface area contributed by atoms with Crippen LogP contribution in [0.1, 0.15) is 44.4 Å². The van der Waals surface area contributed by atoms with Crippen LogP contribution in [0.25, 0.3) is 0 Å². The van der Waals surface area contributed by atoms with Crippen LogP contribution < -0.4 is 9.47 Å². The number of rotatable bonds is 7. The number of sulfone groups is 1. The van der Waals surface area contributed by atoms with E-state index < -0.39 is 27.8 Å². The molecule has 2 aromatic rings. The van der Waals surface area contributed by atoms with Crippen LogP contribution in [0, 0.1) is 0 Å². The molecule has 4 rings (SSSR count). The van der Waals surface area contributed by atoms with E-state index in [4.69, 9.17) is 18.9 Å². The molecule has 0 bridgehead atoms. The summed E-state index contributed by atoms with van der Waals surface area (Å²) in [5.74, 6) is -0.0469. The first kappa shape index (κ1) is 23.8. The number of benzene rings is 1. The number of ether oxygens (including phenoxy) is 4. The molecule has 4 atom stereocenters. The van der Waals surface area contributed by atoms with Gasteiger partial charge in [-0.3, -0.25) is 0 Å². The fourth-order valence-electron chi connectivity index (χ4n) is 4.34. The van der Waals surface area contributed by atoms with E-state index in [1.807, 2.05) is 32.9 Å². The molecule has 2 aliphatic heterocycles. The van der Waals surface area contributed by atoms with Crippen molar-refractivity contribution in [2.24, 2.45) is 0 Å². The van der Waals surface area contributed by atoms with Crippen LogP contribution in [0.4, 0.5) is 0 Å². The Labute approximate surface area is 193 Å². The van der Waals surface area contributed by atoms with Gasteiger partial charge in [-0.15, -0.1) is 0 Å². The lowest BCUT2D eigenvalue weighted by molar-refractivity contribution is -0.217. The first-order chi connectivity index (χ1) is 15.5. The maximum absolute atomic E-state index is 12.1. The molecule has 10 nitrogen and oxygen atoms in total. The number of aromatic nitrogens is 2. The van der Waals surface area contributed by atoms with Crippen LogP contribution in [0.5, 0.6) is 11.6 Å². The van der Waals surface area contributed by atoms with Crippen molar-refractivity contribution in [1.29, 1.82) is 0 Å². The predicted octanol–water partition coefficient (Wildman–Crippen LogP) is 2.51. The molecule has 0 radical (unpaired) electrons. The molecular weight excluding hydrogens is 450 g/mol. The van der Waals surface area contributed by atoms with E-state index in [-0.39, 0.29) is 29.8 Å². The largest absolute Gasteiger partial charge is 0.497 e. The summed E-state index contributed by atoms with van der Waals surface area (Å²) in [4.78, 5) is 8.23. The van der Waals surface area contributed by atoms with Gasteiger partial charge in [-0.1, -0.05) is 19.1 Å². The maximum Gasteiger partial charge on any atom is 0.250 e. The zero-order valence-electron chi connectivity index (χ0n) is 19.3. The summed E-state index contributed by atoms with van der Waals surface area (Å²) in [6.07, 6.45) is 2.15. The average Bonchev–Trinajstić information content (AvgIpc) is 3.19. The van der Waals surface area contributed by atoms with Crippen molar-refractivity contribution in [3.8, 4) is 11.6 Å². The molecule has 0 saturated carbocycles. The molecule has 1 aromatic heterocycles. The zero-order valence-corrected chi connectivity index (χ0v) is 20.1. The molecule has 33 heavy (non-hydrogen) atoms. The molecule has 2 saturated heterocycles. The number of hydroxylamine groups is 2. The Balaban J connectivity index is 1.70. The lowest BCUT2D eigenvalue weighted by atomic mass is 10.0. The van der Waals surface area contributed by atoms with E-state index in [1.54, 1.807) is 19.2 Å². The summed E-state index contributed by atoms with van der Waals surface area (Å²) in [7, 11) is -2.09. The molecule has 2 fully saturated rings. The minimum Gasteiger partial charge on any atom is -0.497 e. The van der Waals surface area contributed by atoms with Crippen molar-refractivity contribution >= 4 is 9.84 Å². The van der Waals surface area contributed by atoms with Crippen molar-refractivity contribution in [2.75, 3.05) is 13.4 Å². The first-order valence-corrected chi connectivity index (χ1v) is 12.6. The highest BCUT2D eigenvalue weighted by atomic mass is 32.2. The van der Waals surface area contributed by atoms with Gasteiger partial charge < -0.3 is 24.2 Å². The molecule has 3 heterocycles. The Morgan fingerprint density at radius 2 is 1.85 bits per heavy atom. The van der Waals surface area contributed by atoms with Gasteiger partial charge in [0.15, 0.2) is 5.79 Å². The minimum atomic E-state index is -3.67. The number of nitrogens with zero attached hydrogens (tertiary/aromatic N) is 3. The van der Waals surface area contributed by atoms with Gasteiger partial charge in [-0.25, -0.2) is 13.4 Å². The number of fused-ring (bicyclic) bond motifs is 1. The fourth-order valence-corrected chi connectivity index (χ4v) is 4.83. The Hall–Kier alpha value is -2.31. The van der Waals surface area contributed by atoms with Gasteiger partial charge in [0.25, 0.3) is 0 Å². The van der Waals surface area contributed by atoms with Crippen molar-refractivity contribution in [1.82, 2.24) is 15.0 Å². The fraction of sp³-hybridized carbons (Fsp3) is 0.545. The molecule has 1 aromatic carbocycles. The molecule has 11 heteroatoms. The maximum atomic E-state index is 12.1. The zero-order chi connectivity index (χ0) is 24.0. The summed E-state index contributed by atoms with van der Waals surface area (Å²) in [5.41, 5.74) is 1.25. The third-order valence-corrected chi connectivity index (χ3v) is 6.70. The molecule has 0 amide bonds. The first-order valence-electron chi connectivity index (χ1n) is 10.7. The number of hydrogen-bond acceptors (Lipinski definition) is 10. The smallest absolute Gasteiger partial charge is 0.250 e. The van der Waals surface area contributed by atoms with Crippen LogP contribution in [0.15, 0.2) is 35.6 Å². The van der Waals surface area contributed by atoms with E-state index in [0.29, 0.717) is 17.7 Å². The van der Waals surface area contributed by atoms with Gasteiger partial charge in [0.05, 0.1) is 24.8 Å². The molecule has 2 aliphatic rings. The molecule has 0 unspecified atom stereocenters. The van der Waals surface area contributed by atoms with Crippen molar-refractivity contribution in [3.05, 3.63) is 41.6 Å². The quantitative estimate of drug-likeness (QED) is 0.593. The summed E-state index contributed by atoms with van der Waals surface area (Å²) in [6.45, 7) is 5.72. The van der Waals surface area contributed by atoms with E-state index in [1.165, 1.54) is 11.3 Å². The second-order valence-electron chi connectivity index (χ2n) is 8.69. The van der Waals surface area contributed by atoms with E-state index in [9.17, 15) is 13.6 Å². The van der Waals surface area contributed by atoms with Crippen LogP contribution in [0.2, 0.25) is 0 Å². The van der Waals surface area contributed by atoms with Gasteiger partial charge in [0.1, 0.15) is 24.6 Å². The van der Waals surface area contributed by atoms with E-state index in [0.717, 1.165) is 11.8 Å². The van der Waals surface area contributed by atoms with Gasteiger partial charge in [-0.05, 0) is 38.0 Å². The highest BCUT2D eigenvalue weighted by Crippen LogP contribution is 2.48. The van der Waals surface area contributed by atoms with Crippen LogP contribution in [0.3, 0.4) is 0 Å². The molecule has 180 valence electrons. The van der Waals surface area contributed by atoms with Crippen LogP contribution >= 0.6 is 0 Å². The number of methoxy groups -OCH3 is 1. The lowest BCUT2D eigenvalue weighted by Crippen LogP contribution is -2.37. The number of hydrogen-bond donors (Lipinski definition) is 1. The van der Waals surface area contributed by atoms with Gasteiger partial charge in [0, 0.05) is 12.5 Å². The SMILES string of the molecule is CC[C@@H]1[C@H]2OC(C)(C)O[C@H]2[C@H](c2cnc(S(C)(=O)=O)nc2OCc2ccc(OC)cc2)N1O. The van der Waals surface area contributed by atoms with Crippen LogP contribution in [-0.4, -0.2) is 66.1 Å². The van der Waals surface area contributed by atoms with Gasteiger partial charge >= 0.3 is 0 Å². The summed E-state index contributed by atoms with van der Waals surface area (Å²) in [6, 6.07) is 6.27. The van der Waals surface area contributed by atoms with Gasteiger partial charge in [-0.2, -0.15) is 10.0 Å². The Morgan fingerprint density at radius 3 is 2.45 bits per heavy atom. The van der Waals surface area contributed by atoms with Crippen LogP contribution in [-0.2, 0) is 25.9 Å². The van der Waals surface area contributed by atoms with Gasteiger partial charge in [0.2, 0.25) is 20.9 Å². The van der Waals surface area contributed by atoms with E-state index in [2.05, 4.69) is 9.97 Å². The van der Waals surface area contributed by atoms with Crippen molar-refractivity contribution in [2.45, 2.75) is 69.0 Å². The molecule has 0 spiro atoms. The minimum absolute atomic E-state index is 0.0640. The Morgan fingerprint density at radius 1 is 1.18 bits per heavy atom. The molecule has 0 aliphatic carbocycles. The monoisotopic (exact) mass is 479 g/mol. The standard InChI is InChI=1S/C22H29N3O7S/c1-6-16-18-19(32-22(2,3)31-18)17(25(16)26)15-11-23-21(33(5,27)28)24-20(15)30-12-13-7-9-14(29-4)10-8-13/h7-11,16-19,26H,6,12H2,1-5H3/t16-,17+,18-,19+/m1/s1. The Bertz CT molecular complexity index is 1110.